The van der Waals surface area contributed by atoms with Gasteiger partial charge in [0.05, 0.1) is 6.42 Å². The quantitative estimate of drug-likeness (QED) is 0.795. The highest BCUT2D eigenvalue weighted by Gasteiger charge is 2.15. The molecule has 3 nitrogen and oxygen atoms in total. The minimum atomic E-state index is 0.209. The smallest absolute Gasteiger partial charge is 0.138 e. The normalized spacial score (nSPS) is 11.2. The maximum absolute atomic E-state index is 6.15. The summed E-state index contributed by atoms with van der Waals surface area (Å²) in [5.74, 6) is 0.824. The Morgan fingerprint density at radius 2 is 1.78 bits per heavy atom. The highest BCUT2D eigenvalue weighted by Crippen LogP contribution is 2.29. The lowest BCUT2D eigenvalue weighted by molar-refractivity contribution is 0.829. The van der Waals surface area contributed by atoms with Crippen molar-refractivity contribution in [2.24, 2.45) is 0 Å². The second kappa shape index (κ2) is 5.51. The molecule has 2 heterocycles. The van der Waals surface area contributed by atoms with E-state index >= 15 is 0 Å². The lowest BCUT2D eigenvalue weighted by Gasteiger charge is -2.10. The van der Waals surface area contributed by atoms with Crippen LogP contribution in [0.25, 0.3) is 0 Å². The van der Waals surface area contributed by atoms with Gasteiger partial charge in [-0.25, -0.2) is 15.0 Å². The van der Waals surface area contributed by atoms with Crippen molar-refractivity contribution in [1.82, 2.24) is 15.0 Å². The van der Waals surface area contributed by atoms with Gasteiger partial charge < -0.3 is 0 Å². The molecule has 0 bridgehead atoms. The molecule has 0 unspecified atom stereocenters. The summed E-state index contributed by atoms with van der Waals surface area (Å²) in [7, 11) is 0. The van der Waals surface area contributed by atoms with Crippen LogP contribution in [0.5, 0.6) is 0 Å². The fourth-order valence-corrected chi connectivity index (χ4v) is 3.26. The van der Waals surface area contributed by atoms with Gasteiger partial charge in [-0.2, -0.15) is 0 Å². The number of nitrogens with zero attached hydrogens (tertiary/aromatic N) is 3. The van der Waals surface area contributed by atoms with Crippen molar-refractivity contribution < 1.29 is 0 Å². The molecule has 0 radical (unpaired) electrons. The Hall–Kier alpha value is -0.710. The van der Waals surface area contributed by atoms with Crippen LogP contribution >= 0.6 is 34.5 Å². The Bertz CT molecular complexity index is 543. The number of halogens is 2. The third-order valence-corrected chi connectivity index (χ3v) is 4.00. The van der Waals surface area contributed by atoms with Gasteiger partial charge in [-0.1, -0.05) is 37.0 Å². The second-order valence-electron chi connectivity index (χ2n) is 4.35. The van der Waals surface area contributed by atoms with Gasteiger partial charge in [0.15, 0.2) is 0 Å². The van der Waals surface area contributed by atoms with Crippen molar-refractivity contribution in [2.45, 2.75) is 33.1 Å². The summed E-state index contributed by atoms with van der Waals surface area (Å²) >= 11 is 13.9. The molecule has 0 aliphatic rings. The first kappa shape index (κ1) is 13.7. The molecule has 6 heteroatoms. The van der Waals surface area contributed by atoms with Crippen LogP contribution in [0.2, 0.25) is 10.3 Å². The van der Waals surface area contributed by atoms with Crippen LogP contribution in [0, 0.1) is 6.92 Å². The Morgan fingerprint density at radius 1 is 1.17 bits per heavy atom. The first-order valence-corrected chi connectivity index (χ1v) is 7.23. The van der Waals surface area contributed by atoms with Crippen molar-refractivity contribution in [2.75, 3.05) is 0 Å². The van der Waals surface area contributed by atoms with E-state index in [4.69, 9.17) is 23.2 Å². The van der Waals surface area contributed by atoms with Crippen LogP contribution in [0.4, 0.5) is 0 Å². The van der Waals surface area contributed by atoms with Gasteiger partial charge in [-0.3, -0.25) is 0 Å². The molecule has 2 rings (SSSR count). The van der Waals surface area contributed by atoms with E-state index in [1.54, 1.807) is 11.3 Å². The summed E-state index contributed by atoms with van der Waals surface area (Å²) < 4.78 is 0. The van der Waals surface area contributed by atoms with Gasteiger partial charge in [0, 0.05) is 16.6 Å². The average Bonchev–Trinajstić information content (AvgIpc) is 2.62. The molecule has 0 fully saturated rings. The van der Waals surface area contributed by atoms with E-state index in [0.29, 0.717) is 22.6 Å². The van der Waals surface area contributed by atoms with Crippen LogP contribution in [0.1, 0.15) is 41.9 Å². The van der Waals surface area contributed by atoms with Gasteiger partial charge in [0.25, 0.3) is 0 Å². The molecule has 0 aliphatic carbocycles. The molecule has 0 N–H and O–H groups in total. The molecule has 0 spiro atoms. The number of hydrogen-bond donors (Lipinski definition) is 0. The topological polar surface area (TPSA) is 38.7 Å². The predicted octanol–water partition coefficient (Wildman–Crippen LogP) is 4.26. The average molecular weight is 302 g/mol. The first-order valence-electron chi connectivity index (χ1n) is 5.60. The number of thiazole rings is 1. The molecule has 0 aliphatic heterocycles. The molecular weight excluding hydrogens is 289 g/mol. The zero-order valence-corrected chi connectivity index (χ0v) is 12.7. The van der Waals surface area contributed by atoms with E-state index in [1.165, 1.54) is 0 Å². The Balaban J connectivity index is 2.30. The zero-order chi connectivity index (χ0) is 13.3. The predicted molar refractivity (Wildman–Crippen MR) is 75.8 cm³/mol. The standard InChI is InChI=1S/C12H13Cl2N3S/c1-6(2)10-11(13)16-8(17-12(10)14)4-9-15-7(3)5-18-9/h5-6H,4H2,1-3H3. The van der Waals surface area contributed by atoms with Crippen LogP contribution < -0.4 is 0 Å². The van der Waals surface area contributed by atoms with Gasteiger partial charge in [0.1, 0.15) is 21.1 Å². The summed E-state index contributed by atoms with van der Waals surface area (Å²) in [6.07, 6.45) is 0.566. The molecule has 2 aromatic rings. The van der Waals surface area contributed by atoms with E-state index in [0.717, 1.165) is 16.3 Å². The molecule has 0 saturated heterocycles. The summed E-state index contributed by atoms with van der Waals surface area (Å²) in [5, 5.41) is 3.85. The molecule has 0 saturated carbocycles. The largest absolute Gasteiger partial charge is 0.246 e. The number of aryl methyl sites for hydroxylation is 1. The molecular formula is C12H13Cl2N3S. The molecule has 96 valence electrons. The maximum Gasteiger partial charge on any atom is 0.138 e. The molecule has 2 aromatic heterocycles. The van der Waals surface area contributed by atoms with E-state index < -0.39 is 0 Å². The SMILES string of the molecule is Cc1csc(Cc2nc(Cl)c(C(C)C)c(Cl)n2)n1. The number of hydrogen-bond acceptors (Lipinski definition) is 4. The van der Waals surface area contributed by atoms with Crippen molar-refractivity contribution >= 4 is 34.5 Å². The van der Waals surface area contributed by atoms with Gasteiger partial charge >= 0.3 is 0 Å². The Labute approximate surface area is 120 Å². The summed E-state index contributed by atoms with van der Waals surface area (Å²) in [5.41, 5.74) is 1.81. The molecule has 0 atom stereocenters. The van der Waals surface area contributed by atoms with Crippen molar-refractivity contribution in [3.63, 3.8) is 0 Å². The van der Waals surface area contributed by atoms with Gasteiger partial charge in [-0.05, 0) is 12.8 Å². The minimum Gasteiger partial charge on any atom is -0.246 e. The van der Waals surface area contributed by atoms with Gasteiger partial charge in [-0.15, -0.1) is 11.3 Å². The van der Waals surface area contributed by atoms with Crippen LogP contribution in [-0.2, 0) is 6.42 Å². The Morgan fingerprint density at radius 3 is 2.22 bits per heavy atom. The van der Waals surface area contributed by atoms with E-state index in [1.807, 2.05) is 26.2 Å². The highest BCUT2D eigenvalue weighted by molar-refractivity contribution is 7.09. The number of rotatable bonds is 3. The third-order valence-electron chi connectivity index (χ3n) is 2.45. The van der Waals surface area contributed by atoms with E-state index in [2.05, 4.69) is 15.0 Å². The lowest BCUT2D eigenvalue weighted by Crippen LogP contribution is -2.03. The van der Waals surface area contributed by atoms with Crippen molar-refractivity contribution in [3.05, 3.63) is 37.8 Å². The monoisotopic (exact) mass is 301 g/mol. The highest BCUT2D eigenvalue weighted by atomic mass is 35.5. The van der Waals surface area contributed by atoms with Crippen molar-refractivity contribution in [1.29, 1.82) is 0 Å². The Kier molecular flexibility index (Phi) is 4.20. The van der Waals surface area contributed by atoms with E-state index in [-0.39, 0.29) is 5.92 Å². The van der Waals surface area contributed by atoms with Crippen molar-refractivity contribution in [3.8, 4) is 0 Å². The maximum atomic E-state index is 6.15. The minimum absolute atomic E-state index is 0.209. The lowest BCUT2D eigenvalue weighted by atomic mass is 10.1. The van der Waals surface area contributed by atoms with Crippen LogP contribution in [-0.4, -0.2) is 15.0 Å². The fourth-order valence-electron chi connectivity index (χ4n) is 1.63. The molecule has 18 heavy (non-hydrogen) atoms. The first-order chi connectivity index (χ1) is 8.47. The summed E-state index contributed by atoms with van der Waals surface area (Å²) in [4.78, 5) is 13.0. The summed E-state index contributed by atoms with van der Waals surface area (Å²) in [6, 6.07) is 0. The van der Waals surface area contributed by atoms with E-state index in [9.17, 15) is 0 Å². The van der Waals surface area contributed by atoms with Crippen LogP contribution in [0.15, 0.2) is 5.38 Å². The number of aromatic nitrogens is 3. The third kappa shape index (κ3) is 2.99. The molecule has 0 aromatic carbocycles. The molecule has 0 amide bonds. The summed E-state index contributed by atoms with van der Waals surface area (Å²) in [6.45, 7) is 5.99. The zero-order valence-electron chi connectivity index (χ0n) is 10.4. The van der Waals surface area contributed by atoms with Crippen LogP contribution in [0.3, 0.4) is 0 Å². The van der Waals surface area contributed by atoms with Gasteiger partial charge in [0.2, 0.25) is 0 Å². The second-order valence-corrected chi connectivity index (χ2v) is 6.01. The fraction of sp³-hybridized carbons (Fsp3) is 0.417.